The Kier molecular flexibility index (Phi) is 5.11. The number of rotatable bonds is 5. The smallest absolute Gasteiger partial charge is 0.225 e. The van der Waals surface area contributed by atoms with E-state index in [1.807, 2.05) is 18.2 Å². The van der Waals surface area contributed by atoms with Crippen molar-refractivity contribution in [1.29, 1.82) is 0 Å². The average molecular weight is 349 g/mol. The number of nitrogens with one attached hydrogen (secondary N) is 1. The largest absolute Gasteiger partial charge is 0.393 e. The summed E-state index contributed by atoms with van der Waals surface area (Å²) in [5.41, 5.74) is 1.34. The Morgan fingerprint density at radius 1 is 1.38 bits per heavy atom. The van der Waals surface area contributed by atoms with Gasteiger partial charge in [-0.1, -0.05) is 23.7 Å². The van der Waals surface area contributed by atoms with Crippen molar-refractivity contribution in [2.75, 3.05) is 0 Å². The van der Waals surface area contributed by atoms with Crippen LogP contribution in [-0.4, -0.2) is 22.1 Å². The summed E-state index contributed by atoms with van der Waals surface area (Å²) in [7, 11) is 0. The Hall–Kier alpha value is -1.98. The second kappa shape index (κ2) is 7.28. The second-order valence-electron chi connectivity index (χ2n) is 6.10. The van der Waals surface area contributed by atoms with Crippen molar-refractivity contribution < 1.29 is 14.3 Å². The maximum absolute atomic E-state index is 13.1. The topological polar surface area (TPSA) is 62.2 Å². The van der Waals surface area contributed by atoms with Crippen molar-refractivity contribution in [3.05, 3.63) is 64.7 Å². The van der Waals surface area contributed by atoms with Gasteiger partial charge in [0.25, 0.3) is 0 Å². The number of hydrogen-bond donors (Lipinski definition) is 2. The van der Waals surface area contributed by atoms with Gasteiger partial charge in [0.15, 0.2) is 0 Å². The Labute approximate surface area is 144 Å². The molecule has 6 heteroatoms. The number of carbonyl (C=O) groups is 1. The Morgan fingerprint density at radius 3 is 2.79 bits per heavy atom. The fourth-order valence-corrected chi connectivity index (χ4v) is 3.19. The van der Waals surface area contributed by atoms with Gasteiger partial charge in [-0.05, 0) is 48.6 Å². The number of halogens is 2. The molecule has 1 heterocycles. The Bertz CT molecular complexity index is 720. The van der Waals surface area contributed by atoms with Crippen LogP contribution in [0.15, 0.2) is 42.6 Å². The maximum atomic E-state index is 13.1. The number of pyridine rings is 1. The molecule has 24 heavy (non-hydrogen) atoms. The lowest BCUT2D eigenvalue weighted by Gasteiger charge is -2.37. The maximum Gasteiger partial charge on any atom is 0.225 e. The third kappa shape index (κ3) is 3.91. The molecule has 0 bridgehead atoms. The van der Waals surface area contributed by atoms with Crippen LogP contribution in [0.5, 0.6) is 0 Å². The lowest BCUT2D eigenvalue weighted by atomic mass is 9.76. The molecule has 0 radical (unpaired) electrons. The summed E-state index contributed by atoms with van der Waals surface area (Å²) in [6.07, 6.45) is 2.71. The average Bonchev–Trinajstić information content (AvgIpc) is 2.53. The normalized spacial score (nSPS) is 21.0. The van der Waals surface area contributed by atoms with Crippen LogP contribution >= 0.6 is 11.6 Å². The zero-order valence-electron chi connectivity index (χ0n) is 13.0. The van der Waals surface area contributed by atoms with Crippen LogP contribution in [0.25, 0.3) is 0 Å². The number of aromatic nitrogens is 1. The Balaban J connectivity index is 1.71. The number of hydrogen-bond acceptors (Lipinski definition) is 3. The number of nitrogens with zero attached hydrogens (tertiary/aromatic N) is 1. The minimum atomic E-state index is -0.432. The van der Waals surface area contributed by atoms with E-state index in [1.54, 1.807) is 6.20 Å². The van der Waals surface area contributed by atoms with E-state index in [2.05, 4.69) is 10.3 Å². The van der Waals surface area contributed by atoms with Gasteiger partial charge < -0.3 is 10.4 Å². The highest BCUT2D eigenvalue weighted by Crippen LogP contribution is 2.37. The number of benzene rings is 1. The van der Waals surface area contributed by atoms with Crippen molar-refractivity contribution in [3.8, 4) is 0 Å². The van der Waals surface area contributed by atoms with E-state index >= 15 is 0 Å². The summed E-state index contributed by atoms with van der Waals surface area (Å²) in [6, 6.07) is 9.29. The minimum absolute atomic E-state index is 0.0672. The first-order valence-electron chi connectivity index (χ1n) is 7.85. The van der Waals surface area contributed by atoms with Gasteiger partial charge in [-0.3, -0.25) is 9.78 Å². The molecule has 2 N–H and O–H groups in total. The first-order chi connectivity index (χ1) is 11.5. The fourth-order valence-electron chi connectivity index (χ4n) is 2.96. The van der Waals surface area contributed by atoms with Gasteiger partial charge in [0.2, 0.25) is 5.91 Å². The quantitative estimate of drug-likeness (QED) is 0.873. The molecule has 0 aliphatic heterocycles. The van der Waals surface area contributed by atoms with E-state index in [9.17, 15) is 14.3 Å². The van der Waals surface area contributed by atoms with Gasteiger partial charge in [0.1, 0.15) is 5.82 Å². The molecule has 2 aromatic rings. The molecule has 1 aliphatic rings. The lowest BCUT2D eigenvalue weighted by molar-refractivity contribution is -0.122. The van der Waals surface area contributed by atoms with Gasteiger partial charge in [0.05, 0.1) is 24.3 Å². The van der Waals surface area contributed by atoms with E-state index in [-0.39, 0.29) is 35.4 Å². The molecule has 0 unspecified atom stereocenters. The van der Waals surface area contributed by atoms with E-state index in [1.165, 1.54) is 18.2 Å². The fraction of sp³-hybridized carbons (Fsp3) is 0.333. The number of carbonyl (C=O) groups excluding carboxylic acids is 1. The summed E-state index contributed by atoms with van der Waals surface area (Å²) < 4.78 is 13.1. The van der Waals surface area contributed by atoms with Crippen molar-refractivity contribution >= 4 is 17.5 Å². The van der Waals surface area contributed by atoms with Gasteiger partial charge in [-0.15, -0.1) is 0 Å². The molecule has 126 valence electrons. The summed E-state index contributed by atoms with van der Waals surface area (Å²) >= 11 is 5.98. The zero-order chi connectivity index (χ0) is 17.1. The molecule has 4 nitrogen and oxygen atoms in total. The van der Waals surface area contributed by atoms with Gasteiger partial charge in [-0.25, -0.2) is 4.39 Å². The molecule has 1 saturated carbocycles. The molecule has 1 aromatic carbocycles. The summed E-state index contributed by atoms with van der Waals surface area (Å²) in [5, 5.41) is 12.8. The van der Waals surface area contributed by atoms with E-state index in [0.717, 1.165) is 5.69 Å². The third-order valence-electron chi connectivity index (χ3n) is 4.31. The van der Waals surface area contributed by atoms with Gasteiger partial charge in [0, 0.05) is 11.2 Å². The van der Waals surface area contributed by atoms with Crippen LogP contribution in [-0.2, 0) is 11.2 Å². The van der Waals surface area contributed by atoms with E-state index in [0.29, 0.717) is 18.4 Å². The molecule has 0 spiro atoms. The Morgan fingerprint density at radius 2 is 2.17 bits per heavy atom. The van der Waals surface area contributed by atoms with Crippen molar-refractivity contribution in [2.24, 2.45) is 5.92 Å². The number of aliphatic hydroxyl groups excluding tert-OH is 1. The van der Waals surface area contributed by atoms with E-state index in [4.69, 9.17) is 11.6 Å². The van der Waals surface area contributed by atoms with Gasteiger partial charge >= 0.3 is 0 Å². The molecule has 1 aromatic heterocycles. The highest BCUT2D eigenvalue weighted by atomic mass is 35.5. The molecule has 1 atom stereocenters. The van der Waals surface area contributed by atoms with Crippen LogP contribution in [0.3, 0.4) is 0 Å². The predicted molar refractivity (Wildman–Crippen MR) is 89.0 cm³/mol. The van der Waals surface area contributed by atoms with Crippen LogP contribution < -0.4 is 5.32 Å². The lowest BCUT2D eigenvalue weighted by Crippen LogP contribution is -2.42. The van der Waals surface area contributed by atoms with Crippen molar-refractivity contribution in [3.63, 3.8) is 0 Å². The molecular weight excluding hydrogens is 331 g/mol. The number of aliphatic hydroxyl groups is 1. The standard InChI is InChI=1S/C18H18ClFN2O2/c19-15-10-13(20)5-4-11(15)9-17(24)22-18(12-7-14(23)8-12)16-3-1-2-6-21-16/h1-6,10,12,14,18,23H,7-9H2,(H,22,24)/t12?,14?,18-/m1/s1. The van der Waals surface area contributed by atoms with Crippen LogP contribution in [0.2, 0.25) is 5.02 Å². The first kappa shape index (κ1) is 16.9. The highest BCUT2D eigenvalue weighted by Gasteiger charge is 2.36. The molecule has 1 amide bonds. The summed E-state index contributed by atoms with van der Waals surface area (Å²) in [5.74, 6) is -0.484. The second-order valence-corrected chi connectivity index (χ2v) is 6.50. The van der Waals surface area contributed by atoms with Crippen molar-refractivity contribution in [1.82, 2.24) is 10.3 Å². The molecule has 3 rings (SSSR count). The third-order valence-corrected chi connectivity index (χ3v) is 4.66. The SMILES string of the molecule is O=C(Cc1ccc(F)cc1Cl)N[C@@H](c1ccccn1)C1CC(O)C1. The van der Waals surface area contributed by atoms with Crippen LogP contribution in [0.1, 0.15) is 30.1 Å². The van der Waals surface area contributed by atoms with E-state index < -0.39 is 5.82 Å². The van der Waals surface area contributed by atoms with Crippen LogP contribution in [0, 0.1) is 11.7 Å². The first-order valence-corrected chi connectivity index (χ1v) is 8.23. The van der Waals surface area contributed by atoms with Gasteiger partial charge in [-0.2, -0.15) is 0 Å². The van der Waals surface area contributed by atoms with Crippen LogP contribution in [0.4, 0.5) is 4.39 Å². The monoisotopic (exact) mass is 348 g/mol. The molecule has 1 fully saturated rings. The van der Waals surface area contributed by atoms with Crippen molar-refractivity contribution in [2.45, 2.75) is 31.4 Å². The zero-order valence-corrected chi connectivity index (χ0v) is 13.7. The summed E-state index contributed by atoms with van der Waals surface area (Å²) in [6.45, 7) is 0. The molecular formula is C18H18ClFN2O2. The predicted octanol–water partition coefficient (Wildman–Crippen LogP) is 3.05. The highest BCUT2D eigenvalue weighted by molar-refractivity contribution is 6.31. The summed E-state index contributed by atoms with van der Waals surface area (Å²) in [4.78, 5) is 16.7. The molecule has 1 aliphatic carbocycles. The minimum Gasteiger partial charge on any atom is -0.393 e. The number of amides is 1. The molecule has 0 saturated heterocycles.